The largest absolute Gasteiger partial charge is 0.326 e. The molecule has 0 heterocycles. The molecule has 0 amide bonds. The Morgan fingerprint density at radius 2 is 0.857 bits per heavy atom. The summed E-state index contributed by atoms with van der Waals surface area (Å²) in [6.45, 7) is 18.3. The lowest BCUT2D eigenvalue weighted by Gasteiger charge is -2.11. The molecule has 0 aromatic carbocycles. The molecule has 5 nitrogen and oxygen atoms in total. The third-order valence-corrected chi connectivity index (χ3v) is 1.05. The number of hydrogen-bond donors (Lipinski definition) is 1. The summed E-state index contributed by atoms with van der Waals surface area (Å²) < 4.78 is 0. The van der Waals surface area contributed by atoms with Crippen molar-refractivity contribution < 1.29 is 9.59 Å². The van der Waals surface area contributed by atoms with Gasteiger partial charge in [0.1, 0.15) is 0 Å². The van der Waals surface area contributed by atoms with Gasteiger partial charge >= 0.3 is 0 Å². The molecule has 0 aromatic rings. The third-order valence-electron chi connectivity index (χ3n) is 1.05. The van der Waals surface area contributed by atoms with E-state index in [1.807, 2.05) is 20.8 Å². The van der Waals surface area contributed by atoms with Crippen LogP contribution in [0.3, 0.4) is 0 Å². The predicted octanol–water partition coefficient (Wildman–Crippen LogP) is 2.85. The average molecular weight is 299 g/mol. The standard InChI is InChI=1S/C10H20N2.C4H11N.C2H2O2/c1-9(2,3)11-7-8-12-10(4,5)6;1-4(2,3)5;3-1-2-4/h7-8H,1-6H3;5H2,1-3H3;1-2H. The number of nitrogens with zero attached hydrogens (tertiary/aromatic N) is 2. The summed E-state index contributed by atoms with van der Waals surface area (Å²) in [6.07, 6.45) is 3.93. The first-order valence-electron chi connectivity index (χ1n) is 6.89. The molecule has 0 saturated carbocycles. The van der Waals surface area contributed by atoms with E-state index < -0.39 is 0 Å². The van der Waals surface area contributed by atoms with E-state index in [0.29, 0.717) is 0 Å². The molecule has 0 aliphatic rings. The molecule has 0 aromatic heterocycles. The van der Waals surface area contributed by atoms with Crippen LogP contribution in [0, 0.1) is 0 Å². The summed E-state index contributed by atoms with van der Waals surface area (Å²) in [7, 11) is 0. The van der Waals surface area contributed by atoms with Crippen LogP contribution in [0.4, 0.5) is 0 Å². The lowest BCUT2D eigenvalue weighted by molar-refractivity contribution is -0.122. The molecule has 0 saturated heterocycles. The number of hydrogen-bond acceptors (Lipinski definition) is 5. The first-order valence-corrected chi connectivity index (χ1v) is 6.89. The Hall–Kier alpha value is -1.36. The smallest absolute Gasteiger partial charge is 0.182 e. The average Bonchev–Trinajstić information content (AvgIpc) is 2.20. The van der Waals surface area contributed by atoms with Gasteiger partial charge < -0.3 is 5.73 Å². The first-order chi connectivity index (χ1) is 9.12. The number of aldehydes is 2. The molecular weight excluding hydrogens is 266 g/mol. The molecule has 0 spiro atoms. The highest BCUT2D eigenvalue weighted by Crippen LogP contribution is 2.05. The Morgan fingerprint density at radius 1 is 0.667 bits per heavy atom. The Kier molecular flexibility index (Phi) is 13.3. The van der Waals surface area contributed by atoms with Crippen molar-refractivity contribution in [3.8, 4) is 0 Å². The highest BCUT2D eigenvalue weighted by molar-refractivity contribution is 6.16. The van der Waals surface area contributed by atoms with Crippen molar-refractivity contribution in [3.63, 3.8) is 0 Å². The number of aliphatic imine (C=N–C) groups is 2. The van der Waals surface area contributed by atoms with Gasteiger partial charge in [0, 0.05) is 18.0 Å². The summed E-state index contributed by atoms with van der Waals surface area (Å²) in [4.78, 5) is 26.2. The molecule has 5 heteroatoms. The van der Waals surface area contributed by atoms with E-state index in [1.165, 1.54) is 0 Å². The lowest BCUT2D eigenvalue weighted by Crippen LogP contribution is -2.26. The van der Waals surface area contributed by atoms with E-state index in [4.69, 9.17) is 15.3 Å². The minimum Gasteiger partial charge on any atom is -0.326 e. The summed E-state index contributed by atoms with van der Waals surface area (Å²) in [5, 5.41) is 0. The maximum Gasteiger partial charge on any atom is 0.182 e. The van der Waals surface area contributed by atoms with Crippen LogP contribution in [-0.2, 0) is 9.59 Å². The molecule has 0 aliphatic heterocycles. The molecule has 124 valence electrons. The molecule has 21 heavy (non-hydrogen) atoms. The van der Waals surface area contributed by atoms with E-state index in [9.17, 15) is 0 Å². The van der Waals surface area contributed by atoms with Gasteiger partial charge in [0.05, 0.1) is 11.1 Å². The maximum absolute atomic E-state index is 8.81. The Labute approximate surface area is 130 Å². The topological polar surface area (TPSA) is 84.9 Å². The molecule has 0 unspecified atom stereocenters. The van der Waals surface area contributed by atoms with Crippen LogP contribution in [0.25, 0.3) is 0 Å². The van der Waals surface area contributed by atoms with Crippen LogP contribution >= 0.6 is 0 Å². The van der Waals surface area contributed by atoms with Crippen molar-refractivity contribution in [2.24, 2.45) is 15.7 Å². The molecule has 2 N–H and O–H groups in total. The quantitative estimate of drug-likeness (QED) is 0.483. The van der Waals surface area contributed by atoms with Gasteiger partial charge in [-0.1, -0.05) is 0 Å². The van der Waals surface area contributed by atoms with Gasteiger partial charge in [-0.15, -0.1) is 0 Å². The van der Waals surface area contributed by atoms with Gasteiger partial charge in [-0.25, -0.2) is 0 Å². The molecule has 0 aliphatic carbocycles. The second kappa shape index (κ2) is 11.3. The molecule has 0 radical (unpaired) electrons. The Morgan fingerprint density at radius 3 is 0.952 bits per heavy atom. The van der Waals surface area contributed by atoms with Gasteiger partial charge in [0.15, 0.2) is 12.6 Å². The van der Waals surface area contributed by atoms with E-state index in [-0.39, 0.29) is 29.2 Å². The number of nitrogens with two attached hydrogens (primary N) is 1. The van der Waals surface area contributed by atoms with Crippen LogP contribution in [-0.4, -0.2) is 41.6 Å². The van der Waals surface area contributed by atoms with Gasteiger partial charge in [-0.3, -0.25) is 19.6 Å². The molecule has 0 atom stereocenters. The highest BCUT2D eigenvalue weighted by Gasteiger charge is 2.05. The highest BCUT2D eigenvalue weighted by atomic mass is 16.2. The zero-order valence-electron chi connectivity index (χ0n) is 15.1. The normalized spacial score (nSPS) is 12.3. The second-order valence-corrected chi connectivity index (χ2v) is 7.54. The van der Waals surface area contributed by atoms with Crippen molar-refractivity contribution in [1.29, 1.82) is 0 Å². The Bertz CT molecular complexity index is 293. The summed E-state index contributed by atoms with van der Waals surface area (Å²) in [6, 6.07) is 0. The molecule has 0 fully saturated rings. The van der Waals surface area contributed by atoms with E-state index >= 15 is 0 Å². The fourth-order valence-corrected chi connectivity index (χ4v) is 0.514. The van der Waals surface area contributed by atoms with E-state index in [2.05, 4.69) is 51.5 Å². The zero-order valence-corrected chi connectivity index (χ0v) is 15.1. The SMILES string of the molecule is CC(C)(C)N.CC(C)(C)N=CC=NC(C)(C)C.O=CC=O. The van der Waals surface area contributed by atoms with Crippen LogP contribution in [0.1, 0.15) is 62.3 Å². The van der Waals surface area contributed by atoms with Crippen LogP contribution in [0.5, 0.6) is 0 Å². The van der Waals surface area contributed by atoms with Crippen LogP contribution in [0.2, 0.25) is 0 Å². The predicted molar refractivity (Wildman–Crippen MR) is 92.6 cm³/mol. The van der Waals surface area contributed by atoms with Crippen molar-refractivity contribution in [2.75, 3.05) is 0 Å². The minimum atomic E-state index is 0. The number of carbonyl (C=O) groups is 2. The molecular formula is C16H33N3O2. The van der Waals surface area contributed by atoms with Gasteiger partial charge in [-0.05, 0) is 62.3 Å². The van der Waals surface area contributed by atoms with Crippen LogP contribution < -0.4 is 5.73 Å². The lowest BCUT2D eigenvalue weighted by atomic mass is 10.1. The van der Waals surface area contributed by atoms with E-state index in [1.54, 1.807) is 12.4 Å². The fraction of sp³-hybridized carbons (Fsp3) is 0.750. The molecule has 0 rings (SSSR count). The second-order valence-electron chi connectivity index (χ2n) is 7.54. The van der Waals surface area contributed by atoms with Crippen molar-refractivity contribution in [1.82, 2.24) is 0 Å². The summed E-state index contributed by atoms with van der Waals surface area (Å²) in [5.41, 5.74) is 5.36. The summed E-state index contributed by atoms with van der Waals surface area (Å²) in [5.74, 6) is 0. The van der Waals surface area contributed by atoms with Gasteiger partial charge in [0.2, 0.25) is 0 Å². The number of carbonyl (C=O) groups excluding carboxylic acids is 2. The third kappa shape index (κ3) is 69.1. The fourth-order valence-electron chi connectivity index (χ4n) is 0.514. The van der Waals surface area contributed by atoms with Gasteiger partial charge in [0.25, 0.3) is 0 Å². The zero-order chi connectivity index (χ0) is 17.7. The van der Waals surface area contributed by atoms with E-state index in [0.717, 1.165) is 0 Å². The monoisotopic (exact) mass is 299 g/mol. The molecule has 0 bridgehead atoms. The Balaban J connectivity index is -0.000000297. The minimum absolute atomic E-state index is 0. The van der Waals surface area contributed by atoms with Crippen LogP contribution in [0.15, 0.2) is 9.98 Å². The van der Waals surface area contributed by atoms with Crippen molar-refractivity contribution in [2.45, 2.75) is 78.9 Å². The maximum atomic E-state index is 8.81. The van der Waals surface area contributed by atoms with Crippen molar-refractivity contribution in [3.05, 3.63) is 0 Å². The number of rotatable bonds is 2. The summed E-state index contributed by atoms with van der Waals surface area (Å²) >= 11 is 0. The van der Waals surface area contributed by atoms with Crippen molar-refractivity contribution >= 4 is 25.0 Å². The van der Waals surface area contributed by atoms with Gasteiger partial charge in [-0.2, -0.15) is 0 Å². The first kappa shape index (κ1) is 24.6.